The van der Waals surface area contributed by atoms with Gasteiger partial charge in [-0.15, -0.1) is 10.2 Å². The van der Waals surface area contributed by atoms with E-state index in [0.717, 1.165) is 34.7 Å². The Labute approximate surface area is 185 Å². The molecule has 0 amide bonds. The zero-order chi connectivity index (χ0) is 21.9. The first-order valence-corrected chi connectivity index (χ1v) is 10.9. The predicted molar refractivity (Wildman–Crippen MR) is 122 cm³/mol. The first-order chi connectivity index (χ1) is 15.2. The fourth-order valence-electron chi connectivity index (χ4n) is 2.92. The van der Waals surface area contributed by atoms with E-state index in [1.807, 2.05) is 42.5 Å². The van der Waals surface area contributed by atoms with Crippen LogP contribution in [-0.4, -0.2) is 49.6 Å². The van der Waals surface area contributed by atoms with Crippen LogP contribution in [0.5, 0.6) is 5.75 Å². The summed E-state index contributed by atoms with van der Waals surface area (Å²) in [6.07, 6.45) is 0.414. The molecule has 3 rings (SSSR count). The molecule has 9 heteroatoms. The van der Waals surface area contributed by atoms with E-state index in [4.69, 9.17) is 19.8 Å². The molecule has 0 bridgehead atoms. The van der Waals surface area contributed by atoms with E-state index in [0.29, 0.717) is 30.5 Å². The molecule has 0 aliphatic carbocycles. The lowest BCUT2D eigenvalue weighted by Crippen LogP contribution is -2.27. The third kappa shape index (κ3) is 6.46. The second-order valence-corrected chi connectivity index (χ2v) is 7.50. The van der Waals surface area contributed by atoms with E-state index in [-0.39, 0.29) is 13.2 Å². The summed E-state index contributed by atoms with van der Waals surface area (Å²) in [6.45, 7) is 4.93. The van der Waals surface area contributed by atoms with Gasteiger partial charge >= 0.3 is 0 Å². The highest BCUT2D eigenvalue weighted by molar-refractivity contribution is 7.22. The smallest absolute Gasteiger partial charge is 0.231 e. The first-order valence-electron chi connectivity index (χ1n) is 10.1. The second-order valence-electron chi connectivity index (χ2n) is 6.49. The molecular formula is C22H25N5O3S. The summed E-state index contributed by atoms with van der Waals surface area (Å²) < 4.78 is 12.0. The van der Waals surface area contributed by atoms with Crippen LogP contribution in [0.15, 0.2) is 52.7 Å². The molecule has 1 N–H and O–H groups in total. The van der Waals surface area contributed by atoms with E-state index < -0.39 is 0 Å². The third-order valence-electron chi connectivity index (χ3n) is 4.43. The predicted octanol–water partition coefficient (Wildman–Crippen LogP) is 4.84. The zero-order valence-corrected chi connectivity index (χ0v) is 18.2. The number of benzene rings is 2. The summed E-state index contributed by atoms with van der Waals surface area (Å²) in [6, 6.07) is 15.6. The van der Waals surface area contributed by atoms with Crippen LogP contribution in [-0.2, 0) is 4.74 Å². The number of azo groups is 1. The van der Waals surface area contributed by atoms with Gasteiger partial charge in [0.2, 0.25) is 5.13 Å². The van der Waals surface area contributed by atoms with Crippen LogP contribution in [0.1, 0.15) is 13.3 Å². The number of anilines is 1. The maximum atomic E-state index is 8.96. The molecule has 0 saturated carbocycles. The highest BCUT2D eigenvalue weighted by Crippen LogP contribution is 2.34. The summed E-state index contributed by atoms with van der Waals surface area (Å²) in [5.74, 6) is 0.630. The van der Waals surface area contributed by atoms with E-state index in [9.17, 15) is 0 Å². The highest BCUT2D eigenvalue weighted by atomic mass is 32.1. The Balaban J connectivity index is 1.63. The monoisotopic (exact) mass is 439 g/mol. The van der Waals surface area contributed by atoms with E-state index in [1.54, 1.807) is 0 Å². The lowest BCUT2D eigenvalue weighted by molar-refractivity contribution is 0.146. The molecule has 1 aromatic heterocycles. The number of para-hydroxylation sites is 1. The van der Waals surface area contributed by atoms with Gasteiger partial charge in [0.05, 0.1) is 42.7 Å². The van der Waals surface area contributed by atoms with Gasteiger partial charge in [-0.25, -0.2) is 4.98 Å². The summed E-state index contributed by atoms with van der Waals surface area (Å²) >= 11 is 1.43. The van der Waals surface area contributed by atoms with Crippen LogP contribution >= 0.6 is 11.3 Å². The van der Waals surface area contributed by atoms with E-state index in [1.165, 1.54) is 11.3 Å². The van der Waals surface area contributed by atoms with Gasteiger partial charge in [0.25, 0.3) is 0 Å². The Morgan fingerprint density at radius 2 is 1.97 bits per heavy atom. The van der Waals surface area contributed by atoms with Gasteiger partial charge in [-0.05, 0) is 43.3 Å². The summed E-state index contributed by atoms with van der Waals surface area (Å²) in [4.78, 5) is 6.71. The van der Waals surface area contributed by atoms with Crippen LogP contribution in [0.25, 0.3) is 10.2 Å². The molecule has 0 radical (unpaired) electrons. The molecule has 3 aromatic rings. The number of aromatic nitrogens is 1. The van der Waals surface area contributed by atoms with Crippen molar-refractivity contribution in [3.8, 4) is 11.8 Å². The lowest BCUT2D eigenvalue weighted by Gasteiger charge is -2.23. The van der Waals surface area contributed by atoms with Crippen molar-refractivity contribution in [1.82, 2.24) is 4.98 Å². The number of nitrogens with zero attached hydrogens (tertiary/aromatic N) is 5. The second kappa shape index (κ2) is 12.0. The maximum Gasteiger partial charge on any atom is 0.231 e. The van der Waals surface area contributed by atoms with Crippen LogP contribution in [0.2, 0.25) is 0 Å². The standard InChI is InChI=1S/C22H25N5O3S/c1-2-27(12-15-29-14-4-11-23)18-9-7-17(8-10-18)25-26-22-24-21-19(30-16-13-28)5-3-6-20(21)31-22/h3,5-10,28H,2,4,12-16H2,1H3. The number of rotatable bonds is 12. The number of likely N-dealkylation sites (N-methyl/N-ethyl adjacent to an activating group) is 1. The van der Waals surface area contributed by atoms with Crippen LogP contribution in [0.4, 0.5) is 16.5 Å². The number of aliphatic hydroxyl groups is 1. The normalized spacial score (nSPS) is 11.1. The molecule has 8 nitrogen and oxygen atoms in total. The van der Waals surface area contributed by atoms with Crippen molar-refractivity contribution in [3.05, 3.63) is 42.5 Å². The molecule has 1 heterocycles. The van der Waals surface area contributed by atoms with Crippen molar-refractivity contribution in [2.45, 2.75) is 13.3 Å². The molecular weight excluding hydrogens is 414 g/mol. The van der Waals surface area contributed by atoms with Gasteiger partial charge in [-0.1, -0.05) is 17.4 Å². The average Bonchev–Trinajstić information content (AvgIpc) is 3.23. The molecule has 162 valence electrons. The lowest BCUT2D eigenvalue weighted by atomic mass is 10.2. The Hall–Kier alpha value is -3.06. The van der Waals surface area contributed by atoms with Gasteiger partial charge in [0.1, 0.15) is 17.9 Å². The van der Waals surface area contributed by atoms with Crippen molar-refractivity contribution < 1.29 is 14.6 Å². The Bertz CT molecular complexity index is 1030. The molecule has 31 heavy (non-hydrogen) atoms. The molecule has 0 spiro atoms. The molecule has 0 unspecified atom stereocenters. The highest BCUT2D eigenvalue weighted by Gasteiger charge is 2.09. The van der Waals surface area contributed by atoms with E-state index >= 15 is 0 Å². The van der Waals surface area contributed by atoms with Crippen molar-refractivity contribution in [1.29, 1.82) is 5.26 Å². The number of nitriles is 1. The van der Waals surface area contributed by atoms with Crippen molar-refractivity contribution in [2.24, 2.45) is 10.2 Å². The minimum absolute atomic E-state index is 0.0488. The Morgan fingerprint density at radius 1 is 1.13 bits per heavy atom. The number of ether oxygens (including phenoxy) is 2. The largest absolute Gasteiger partial charge is 0.489 e. The molecule has 0 fully saturated rings. The first kappa shape index (κ1) is 22.6. The van der Waals surface area contributed by atoms with Gasteiger partial charge in [0.15, 0.2) is 0 Å². The van der Waals surface area contributed by atoms with E-state index in [2.05, 4.69) is 33.1 Å². The SMILES string of the molecule is CCN(CCOCCC#N)c1ccc(N=Nc2nc3c(OCCO)cccc3s2)cc1. The summed E-state index contributed by atoms with van der Waals surface area (Å²) in [5, 5.41) is 26.6. The topological polar surface area (TPSA) is 103 Å². The number of hydrogen-bond donors (Lipinski definition) is 1. The third-order valence-corrected chi connectivity index (χ3v) is 5.34. The van der Waals surface area contributed by atoms with Gasteiger partial charge in [0, 0.05) is 18.8 Å². The Morgan fingerprint density at radius 3 is 2.71 bits per heavy atom. The van der Waals surface area contributed by atoms with Gasteiger partial charge in [-0.2, -0.15) is 5.26 Å². The van der Waals surface area contributed by atoms with Crippen LogP contribution < -0.4 is 9.64 Å². The molecule has 0 saturated heterocycles. The van der Waals surface area contributed by atoms with Crippen molar-refractivity contribution in [3.63, 3.8) is 0 Å². The fourth-order valence-corrected chi connectivity index (χ4v) is 3.73. The quantitative estimate of drug-likeness (QED) is 0.320. The molecule has 2 aromatic carbocycles. The zero-order valence-electron chi connectivity index (χ0n) is 17.4. The molecule has 0 atom stereocenters. The number of thiazole rings is 1. The minimum atomic E-state index is -0.0488. The number of hydrogen-bond acceptors (Lipinski definition) is 9. The van der Waals surface area contributed by atoms with Crippen LogP contribution in [0, 0.1) is 11.3 Å². The fraction of sp³-hybridized carbons (Fsp3) is 0.364. The summed E-state index contributed by atoms with van der Waals surface area (Å²) in [5.41, 5.74) is 2.54. The summed E-state index contributed by atoms with van der Waals surface area (Å²) in [7, 11) is 0. The van der Waals surface area contributed by atoms with Crippen molar-refractivity contribution >= 4 is 38.1 Å². The van der Waals surface area contributed by atoms with Gasteiger partial charge < -0.3 is 19.5 Å². The maximum absolute atomic E-state index is 8.96. The number of fused-ring (bicyclic) bond motifs is 1. The number of aliphatic hydroxyl groups excluding tert-OH is 1. The van der Waals surface area contributed by atoms with Crippen LogP contribution in [0.3, 0.4) is 0 Å². The molecule has 0 aliphatic heterocycles. The van der Waals surface area contributed by atoms with Crippen molar-refractivity contribution in [2.75, 3.05) is 44.4 Å². The minimum Gasteiger partial charge on any atom is -0.489 e. The van der Waals surface area contributed by atoms with Gasteiger partial charge in [-0.3, -0.25) is 0 Å². The molecule has 0 aliphatic rings. The average molecular weight is 440 g/mol. The Kier molecular flexibility index (Phi) is 8.72.